The average Bonchev–Trinajstić information content (AvgIpc) is 2.37. The fourth-order valence-electron chi connectivity index (χ4n) is 2.60. The quantitative estimate of drug-likeness (QED) is 0.460. The third-order valence-corrected chi connectivity index (χ3v) is 4.03. The maximum absolute atomic E-state index is 4.32. The molecule has 0 amide bonds. The van der Waals surface area contributed by atoms with E-state index < -0.39 is 0 Å². The van der Waals surface area contributed by atoms with Crippen molar-refractivity contribution < 1.29 is 0 Å². The topological polar surface area (TPSA) is 0 Å². The number of rotatable bonds is 4. The van der Waals surface area contributed by atoms with Crippen LogP contribution in [0.5, 0.6) is 0 Å². The minimum absolute atomic E-state index is 0.700. The normalized spacial score (nSPS) is 26.6. The third kappa shape index (κ3) is 4.22. The van der Waals surface area contributed by atoms with Crippen LogP contribution in [0.2, 0.25) is 12.1 Å². The molecule has 0 aliphatic carbocycles. The van der Waals surface area contributed by atoms with Crippen LogP contribution in [0.4, 0.5) is 0 Å². The van der Waals surface area contributed by atoms with Crippen molar-refractivity contribution in [2.45, 2.75) is 59.1 Å². The van der Waals surface area contributed by atoms with Gasteiger partial charge in [0.05, 0.1) is 0 Å². The van der Waals surface area contributed by atoms with Crippen LogP contribution >= 0.6 is 0 Å². The van der Waals surface area contributed by atoms with Crippen molar-refractivity contribution in [3.05, 3.63) is 35.5 Å². The van der Waals surface area contributed by atoms with E-state index >= 15 is 0 Å². The molecule has 0 bridgehead atoms. The summed E-state index contributed by atoms with van der Waals surface area (Å²) in [4.78, 5) is 0. The maximum Gasteiger partial charge on any atom is 0.113 e. The molecule has 0 N–H and O–H groups in total. The predicted molar refractivity (Wildman–Crippen MR) is 79.7 cm³/mol. The lowest BCUT2D eigenvalue weighted by atomic mass is 9.52. The third-order valence-electron chi connectivity index (χ3n) is 4.03. The van der Waals surface area contributed by atoms with Crippen molar-refractivity contribution in [1.82, 2.24) is 0 Å². The first kappa shape index (κ1) is 14.3. The lowest BCUT2D eigenvalue weighted by molar-refractivity contribution is 0.491. The van der Waals surface area contributed by atoms with Gasteiger partial charge >= 0.3 is 0 Å². The van der Waals surface area contributed by atoms with Crippen LogP contribution in [0.1, 0.15) is 47.0 Å². The summed E-state index contributed by atoms with van der Waals surface area (Å²) in [7, 11) is 2.50. The van der Waals surface area contributed by atoms with E-state index in [0.29, 0.717) is 5.92 Å². The van der Waals surface area contributed by atoms with Crippen molar-refractivity contribution in [3.63, 3.8) is 0 Å². The summed E-state index contributed by atoms with van der Waals surface area (Å²) < 4.78 is 0. The number of hydrogen-bond donors (Lipinski definition) is 0. The lowest BCUT2D eigenvalue weighted by Crippen LogP contribution is -2.18. The van der Waals surface area contributed by atoms with E-state index in [1.54, 1.807) is 0 Å². The highest BCUT2D eigenvalue weighted by Crippen LogP contribution is 2.36. The molecule has 93 valence electrons. The largest absolute Gasteiger partial charge is 0.113 e. The Bertz CT molecular complexity index is 322. The van der Waals surface area contributed by atoms with Gasteiger partial charge in [-0.25, -0.2) is 0 Å². The van der Waals surface area contributed by atoms with E-state index in [1.807, 2.05) is 0 Å². The first-order valence-corrected chi connectivity index (χ1v) is 6.92. The summed E-state index contributed by atoms with van der Waals surface area (Å²) >= 11 is 0. The monoisotopic (exact) mass is 229 g/mol. The summed E-state index contributed by atoms with van der Waals surface area (Å²) in [6, 6.07) is 0. The Morgan fingerprint density at radius 1 is 1.41 bits per heavy atom. The summed E-state index contributed by atoms with van der Waals surface area (Å²) in [5.41, 5.74) is 4.05. The molecule has 0 aromatic rings. The van der Waals surface area contributed by atoms with Gasteiger partial charge in [0, 0.05) is 0 Å². The van der Waals surface area contributed by atoms with Crippen LogP contribution in [0.25, 0.3) is 0 Å². The van der Waals surface area contributed by atoms with E-state index in [0.717, 1.165) is 5.82 Å². The molecule has 0 aromatic carbocycles. The molecule has 17 heavy (non-hydrogen) atoms. The average molecular weight is 229 g/mol. The SMILES string of the molecule is C=C(/C(C)=C\C(C)=C/C)C1CC[B]C(CC)C1. The van der Waals surface area contributed by atoms with Gasteiger partial charge in [-0.05, 0) is 37.8 Å². The van der Waals surface area contributed by atoms with Crippen LogP contribution in [0.15, 0.2) is 35.5 Å². The second-order valence-electron chi connectivity index (χ2n) is 5.30. The Morgan fingerprint density at radius 2 is 2.12 bits per heavy atom. The van der Waals surface area contributed by atoms with Gasteiger partial charge in [-0.15, -0.1) is 0 Å². The molecule has 2 atom stereocenters. The van der Waals surface area contributed by atoms with Crippen LogP contribution in [0, 0.1) is 5.92 Å². The van der Waals surface area contributed by atoms with E-state index in [1.165, 1.54) is 42.3 Å². The summed E-state index contributed by atoms with van der Waals surface area (Å²) in [5.74, 6) is 1.51. The Morgan fingerprint density at radius 3 is 2.71 bits per heavy atom. The van der Waals surface area contributed by atoms with Crippen molar-refractivity contribution in [3.8, 4) is 0 Å². The van der Waals surface area contributed by atoms with E-state index in [-0.39, 0.29) is 0 Å². The first-order chi connectivity index (χ1) is 8.08. The van der Waals surface area contributed by atoms with Gasteiger partial charge in [0.15, 0.2) is 0 Å². The smallest absolute Gasteiger partial charge is 0.0953 e. The molecular weight excluding hydrogens is 203 g/mol. The number of hydrogen-bond acceptors (Lipinski definition) is 0. The van der Waals surface area contributed by atoms with Gasteiger partial charge < -0.3 is 0 Å². The summed E-state index contributed by atoms with van der Waals surface area (Å²) in [6.45, 7) is 13.1. The van der Waals surface area contributed by atoms with E-state index in [9.17, 15) is 0 Å². The Labute approximate surface area is 108 Å². The second kappa shape index (κ2) is 6.88. The van der Waals surface area contributed by atoms with Crippen molar-refractivity contribution >= 4 is 7.28 Å². The molecule has 1 heterocycles. The molecule has 2 unspecified atom stereocenters. The van der Waals surface area contributed by atoms with Gasteiger partial charge in [-0.1, -0.05) is 62.6 Å². The molecule has 1 saturated heterocycles. The fourth-order valence-corrected chi connectivity index (χ4v) is 2.60. The second-order valence-corrected chi connectivity index (χ2v) is 5.30. The molecule has 1 rings (SSSR count). The highest BCUT2D eigenvalue weighted by molar-refractivity contribution is 6.37. The summed E-state index contributed by atoms with van der Waals surface area (Å²) in [6.07, 6.45) is 9.55. The van der Waals surface area contributed by atoms with Crippen LogP contribution in [-0.4, -0.2) is 7.28 Å². The molecule has 1 radical (unpaired) electrons. The van der Waals surface area contributed by atoms with Gasteiger partial charge in [0.1, 0.15) is 7.28 Å². The van der Waals surface area contributed by atoms with Crippen molar-refractivity contribution in [2.75, 3.05) is 0 Å². The molecular formula is C16H26B. The molecule has 0 nitrogen and oxygen atoms in total. The molecule has 1 fully saturated rings. The highest BCUT2D eigenvalue weighted by atomic mass is 14.2. The molecule has 0 saturated carbocycles. The van der Waals surface area contributed by atoms with Crippen LogP contribution in [-0.2, 0) is 0 Å². The zero-order valence-electron chi connectivity index (χ0n) is 11.9. The fraction of sp³-hybridized carbons (Fsp3) is 0.625. The van der Waals surface area contributed by atoms with E-state index in [2.05, 4.69) is 53.7 Å². The minimum atomic E-state index is 0.700. The predicted octanol–water partition coefficient (Wildman–Crippen LogP) is 5.19. The number of allylic oxidation sites excluding steroid dienone is 5. The van der Waals surface area contributed by atoms with Crippen LogP contribution < -0.4 is 0 Å². The molecule has 1 aliphatic rings. The zero-order valence-corrected chi connectivity index (χ0v) is 11.9. The zero-order chi connectivity index (χ0) is 12.8. The Balaban J connectivity index is 2.66. The molecule has 0 aromatic heterocycles. The minimum Gasteiger partial charge on any atom is -0.0953 e. The maximum atomic E-state index is 4.32. The molecule has 0 spiro atoms. The standard InChI is InChI=1S/C16H26B/c1-6-12(3)10-13(4)14(5)15-8-9-17-16(7-2)11-15/h6,10,15-16H,5,7-9,11H2,1-4H3/b12-6-,13-10-. The Kier molecular flexibility index (Phi) is 5.81. The van der Waals surface area contributed by atoms with E-state index in [4.69, 9.17) is 0 Å². The molecule has 1 heteroatoms. The first-order valence-electron chi connectivity index (χ1n) is 6.92. The van der Waals surface area contributed by atoms with Crippen molar-refractivity contribution in [1.29, 1.82) is 0 Å². The van der Waals surface area contributed by atoms with Gasteiger partial charge in [0.2, 0.25) is 0 Å². The van der Waals surface area contributed by atoms with Gasteiger partial charge in [0.25, 0.3) is 0 Å². The van der Waals surface area contributed by atoms with Crippen molar-refractivity contribution in [2.24, 2.45) is 5.92 Å². The lowest BCUT2D eigenvalue weighted by Gasteiger charge is -2.29. The van der Waals surface area contributed by atoms with Gasteiger partial charge in [-0.3, -0.25) is 0 Å². The highest BCUT2D eigenvalue weighted by Gasteiger charge is 2.23. The van der Waals surface area contributed by atoms with Gasteiger partial charge in [-0.2, -0.15) is 0 Å². The Hall–Kier alpha value is -0.715. The van der Waals surface area contributed by atoms with Crippen LogP contribution in [0.3, 0.4) is 0 Å². The molecule has 1 aliphatic heterocycles. The summed E-state index contributed by atoms with van der Waals surface area (Å²) in [5, 5.41) is 0.